The van der Waals surface area contributed by atoms with Gasteiger partial charge < -0.3 is 10.2 Å². The zero-order valence-corrected chi connectivity index (χ0v) is 19.7. The van der Waals surface area contributed by atoms with Crippen molar-refractivity contribution in [2.24, 2.45) is 0 Å². The van der Waals surface area contributed by atoms with E-state index in [9.17, 15) is 9.59 Å². The van der Waals surface area contributed by atoms with Crippen molar-refractivity contribution in [2.45, 2.75) is 44.8 Å². The highest BCUT2D eigenvalue weighted by molar-refractivity contribution is 7.99. The highest BCUT2D eigenvalue weighted by Crippen LogP contribution is 2.23. The topological polar surface area (TPSA) is 67.2 Å². The minimum absolute atomic E-state index is 0.0148. The molecule has 2 heterocycles. The van der Waals surface area contributed by atoms with E-state index in [1.54, 1.807) is 10.6 Å². The number of nitrogens with zero attached hydrogens (tertiary/aromatic N) is 3. The van der Waals surface area contributed by atoms with Gasteiger partial charge in [0.05, 0.1) is 22.3 Å². The molecule has 3 aromatic rings. The van der Waals surface area contributed by atoms with Gasteiger partial charge in [-0.2, -0.15) is 0 Å². The first-order chi connectivity index (χ1) is 15.5. The highest BCUT2D eigenvalue weighted by Gasteiger charge is 2.20. The number of hydrogen-bond acceptors (Lipinski definition) is 5. The highest BCUT2D eigenvalue weighted by atomic mass is 32.2. The molecule has 32 heavy (non-hydrogen) atoms. The Morgan fingerprint density at radius 3 is 2.59 bits per heavy atom. The molecule has 0 unspecified atom stereocenters. The van der Waals surface area contributed by atoms with Crippen LogP contribution in [0.4, 0.5) is 0 Å². The predicted octanol–water partition coefficient (Wildman–Crippen LogP) is 3.70. The third-order valence-electron chi connectivity index (χ3n) is 6.23. The van der Waals surface area contributed by atoms with E-state index in [0.29, 0.717) is 16.1 Å². The maximum Gasteiger partial charge on any atom is 0.266 e. The van der Waals surface area contributed by atoms with Crippen LogP contribution in [0.3, 0.4) is 0 Å². The van der Waals surface area contributed by atoms with Crippen LogP contribution in [0.25, 0.3) is 16.6 Å². The second-order valence-corrected chi connectivity index (χ2v) is 9.33. The summed E-state index contributed by atoms with van der Waals surface area (Å²) in [6, 6.07) is 13.5. The van der Waals surface area contributed by atoms with Crippen LogP contribution in [0.2, 0.25) is 0 Å². The Morgan fingerprint density at radius 2 is 1.88 bits per heavy atom. The van der Waals surface area contributed by atoms with Crippen molar-refractivity contribution in [3.05, 3.63) is 63.9 Å². The Kier molecular flexibility index (Phi) is 6.96. The maximum atomic E-state index is 13.4. The zero-order valence-electron chi connectivity index (χ0n) is 18.9. The fraction of sp³-hybridized carbons (Fsp3) is 0.400. The molecule has 1 aromatic heterocycles. The van der Waals surface area contributed by atoms with Crippen LogP contribution in [0.1, 0.15) is 30.9 Å². The van der Waals surface area contributed by atoms with E-state index in [4.69, 9.17) is 4.98 Å². The minimum Gasteiger partial charge on any atom is -0.353 e. The standard InChI is InChI=1S/C25H30N4O2S/c1-4-28-13-11-19(12-14-28)26-23(30)16-32-25-27-22-8-6-5-7-21(22)24(31)29(25)20-10-9-17(2)18(3)15-20/h5-10,15,19H,4,11-14,16H2,1-3H3,(H,26,30). The van der Waals surface area contributed by atoms with E-state index >= 15 is 0 Å². The Labute approximate surface area is 193 Å². The Morgan fingerprint density at radius 1 is 1.12 bits per heavy atom. The quantitative estimate of drug-likeness (QED) is 0.458. The normalized spacial score (nSPS) is 15.2. The third kappa shape index (κ3) is 4.89. The van der Waals surface area contributed by atoms with Crippen molar-refractivity contribution in [1.29, 1.82) is 0 Å². The summed E-state index contributed by atoms with van der Waals surface area (Å²) in [5.74, 6) is 0.211. The van der Waals surface area contributed by atoms with Crippen LogP contribution in [-0.2, 0) is 4.79 Å². The third-order valence-corrected chi connectivity index (χ3v) is 7.16. The largest absolute Gasteiger partial charge is 0.353 e. The number of piperidine rings is 1. The van der Waals surface area contributed by atoms with Crippen molar-refractivity contribution in [2.75, 3.05) is 25.4 Å². The molecule has 0 aliphatic carbocycles. The van der Waals surface area contributed by atoms with Crippen LogP contribution < -0.4 is 10.9 Å². The summed E-state index contributed by atoms with van der Waals surface area (Å²) < 4.78 is 1.63. The molecule has 1 N–H and O–H groups in total. The fourth-order valence-corrected chi connectivity index (χ4v) is 4.92. The van der Waals surface area contributed by atoms with Crippen molar-refractivity contribution in [3.8, 4) is 5.69 Å². The fourth-order valence-electron chi connectivity index (χ4n) is 4.09. The Balaban J connectivity index is 1.58. The van der Waals surface area contributed by atoms with Gasteiger partial charge >= 0.3 is 0 Å². The Hall–Kier alpha value is -2.64. The summed E-state index contributed by atoms with van der Waals surface area (Å²) in [7, 11) is 0. The molecule has 0 spiro atoms. The van der Waals surface area contributed by atoms with Crippen molar-refractivity contribution >= 4 is 28.6 Å². The number of para-hydroxylation sites is 1. The molecule has 168 valence electrons. The van der Waals surface area contributed by atoms with Gasteiger partial charge in [0.25, 0.3) is 5.56 Å². The van der Waals surface area contributed by atoms with Crippen molar-refractivity contribution < 1.29 is 4.79 Å². The number of rotatable bonds is 6. The number of aromatic nitrogens is 2. The van der Waals surface area contributed by atoms with Gasteiger partial charge in [0.2, 0.25) is 5.91 Å². The number of nitrogens with one attached hydrogen (secondary N) is 1. The molecule has 1 aliphatic heterocycles. The number of thioether (sulfide) groups is 1. The molecule has 0 radical (unpaired) electrons. The van der Waals surface area contributed by atoms with Crippen LogP contribution in [0.5, 0.6) is 0 Å². The summed E-state index contributed by atoms with van der Waals surface area (Å²) >= 11 is 1.31. The summed E-state index contributed by atoms with van der Waals surface area (Å²) in [4.78, 5) is 33.2. The second kappa shape index (κ2) is 9.88. The van der Waals surface area contributed by atoms with E-state index in [-0.39, 0.29) is 23.3 Å². The molecule has 0 atom stereocenters. The SMILES string of the molecule is CCN1CCC(NC(=O)CSc2nc3ccccc3c(=O)n2-c2ccc(C)c(C)c2)CC1. The number of amides is 1. The van der Waals surface area contributed by atoms with Gasteiger partial charge in [-0.15, -0.1) is 0 Å². The van der Waals surface area contributed by atoms with Crippen LogP contribution in [-0.4, -0.2) is 51.8 Å². The van der Waals surface area contributed by atoms with E-state index in [1.807, 2.05) is 50.2 Å². The lowest BCUT2D eigenvalue weighted by molar-refractivity contribution is -0.119. The smallest absolute Gasteiger partial charge is 0.266 e. The monoisotopic (exact) mass is 450 g/mol. The number of benzene rings is 2. The first-order valence-corrected chi connectivity index (χ1v) is 12.2. The lowest BCUT2D eigenvalue weighted by Crippen LogP contribution is -2.45. The number of hydrogen-bond donors (Lipinski definition) is 1. The van der Waals surface area contributed by atoms with Crippen LogP contribution in [0.15, 0.2) is 52.4 Å². The Bertz CT molecular complexity index is 1180. The molecule has 6 nitrogen and oxygen atoms in total. The number of carbonyl (C=O) groups is 1. The van der Waals surface area contributed by atoms with Crippen molar-refractivity contribution in [3.63, 3.8) is 0 Å². The zero-order chi connectivity index (χ0) is 22.7. The number of aryl methyl sites for hydroxylation is 2. The summed E-state index contributed by atoms with van der Waals surface area (Å²) in [5.41, 5.74) is 3.57. The average Bonchev–Trinajstić information content (AvgIpc) is 2.80. The average molecular weight is 451 g/mol. The van der Waals surface area contributed by atoms with E-state index in [0.717, 1.165) is 43.7 Å². The number of fused-ring (bicyclic) bond motifs is 1. The van der Waals surface area contributed by atoms with Gasteiger partial charge in [0.1, 0.15) is 0 Å². The first kappa shape index (κ1) is 22.6. The molecule has 1 fully saturated rings. The van der Waals surface area contributed by atoms with Gasteiger partial charge in [0, 0.05) is 19.1 Å². The summed E-state index contributed by atoms with van der Waals surface area (Å²) in [6.07, 6.45) is 1.96. The number of likely N-dealkylation sites (tertiary alicyclic amines) is 1. The molecule has 0 saturated carbocycles. The molecule has 2 aromatic carbocycles. The van der Waals surface area contributed by atoms with E-state index < -0.39 is 0 Å². The van der Waals surface area contributed by atoms with Gasteiger partial charge in [-0.1, -0.05) is 36.9 Å². The lowest BCUT2D eigenvalue weighted by atomic mass is 10.1. The van der Waals surface area contributed by atoms with Gasteiger partial charge in [0.15, 0.2) is 5.16 Å². The molecular formula is C25H30N4O2S. The van der Waals surface area contributed by atoms with Gasteiger partial charge in [-0.25, -0.2) is 4.98 Å². The molecular weight excluding hydrogens is 420 g/mol. The number of carbonyl (C=O) groups excluding carboxylic acids is 1. The van der Waals surface area contributed by atoms with Gasteiger partial charge in [-0.3, -0.25) is 14.2 Å². The summed E-state index contributed by atoms with van der Waals surface area (Å²) in [5, 5.41) is 4.27. The minimum atomic E-state index is -0.117. The van der Waals surface area contributed by atoms with E-state index in [1.165, 1.54) is 17.3 Å². The molecule has 7 heteroatoms. The molecule has 1 aliphatic rings. The molecule has 4 rings (SSSR count). The molecule has 1 amide bonds. The first-order valence-electron chi connectivity index (χ1n) is 11.2. The summed E-state index contributed by atoms with van der Waals surface area (Å²) in [6.45, 7) is 9.34. The maximum absolute atomic E-state index is 13.4. The van der Waals surface area contributed by atoms with Gasteiger partial charge in [-0.05, 0) is 68.6 Å². The van der Waals surface area contributed by atoms with E-state index in [2.05, 4.69) is 17.1 Å². The van der Waals surface area contributed by atoms with Crippen molar-refractivity contribution in [1.82, 2.24) is 19.8 Å². The van der Waals surface area contributed by atoms with Crippen LogP contribution in [0, 0.1) is 13.8 Å². The lowest BCUT2D eigenvalue weighted by Gasteiger charge is -2.31. The van der Waals surface area contributed by atoms with Crippen LogP contribution >= 0.6 is 11.8 Å². The predicted molar refractivity (Wildman–Crippen MR) is 131 cm³/mol. The second-order valence-electron chi connectivity index (χ2n) is 8.39. The molecule has 1 saturated heterocycles. The molecule has 0 bridgehead atoms.